The lowest BCUT2D eigenvalue weighted by molar-refractivity contribution is -0.0402. The molecule has 0 aliphatic carbocycles. The normalized spacial score (nSPS) is 18.9. The first-order valence-electron chi connectivity index (χ1n) is 7.82. The molecule has 2 N–H and O–H groups in total. The van der Waals surface area contributed by atoms with Crippen LogP contribution in [-0.4, -0.2) is 46.4 Å². The van der Waals surface area contributed by atoms with E-state index in [0.717, 1.165) is 38.3 Å². The number of nitrogens with zero attached hydrogens (tertiary/aromatic N) is 3. The molecule has 6 nitrogen and oxygen atoms in total. The van der Waals surface area contributed by atoms with Crippen LogP contribution in [0.5, 0.6) is 0 Å². The number of carbonyl (C=O) groups excluding carboxylic acids is 1. The summed E-state index contributed by atoms with van der Waals surface area (Å²) in [6, 6.07) is 7.48. The highest BCUT2D eigenvalue weighted by molar-refractivity contribution is 5.92. The summed E-state index contributed by atoms with van der Waals surface area (Å²) in [7, 11) is 0. The van der Waals surface area contributed by atoms with Gasteiger partial charge in [-0.25, -0.2) is 0 Å². The van der Waals surface area contributed by atoms with Crippen LogP contribution in [0.15, 0.2) is 36.7 Å². The van der Waals surface area contributed by atoms with Crippen molar-refractivity contribution in [3.05, 3.63) is 53.3 Å². The van der Waals surface area contributed by atoms with Gasteiger partial charge in [0.05, 0.1) is 25.5 Å². The number of hydrogen-bond donors (Lipinski definition) is 1. The van der Waals surface area contributed by atoms with Crippen LogP contribution >= 0.6 is 0 Å². The van der Waals surface area contributed by atoms with Gasteiger partial charge in [0.1, 0.15) is 0 Å². The van der Waals surface area contributed by atoms with E-state index in [4.69, 9.17) is 10.5 Å². The van der Waals surface area contributed by atoms with Crippen molar-refractivity contribution in [1.29, 1.82) is 0 Å². The predicted octanol–water partition coefficient (Wildman–Crippen LogP) is 1.19. The molecule has 1 aromatic carbocycles. The van der Waals surface area contributed by atoms with Crippen LogP contribution < -0.4 is 5.73 Å². The molecule has 1 fully saturated rings. The highest BCUT2D eigenvalue weighted by Gasteiger charge is 2.21. The smallest absolute Gasteiger partial charge is 0.248 e. The lowest BCUT2D eigenvalue weighted by Crippen LogP contribution is -2.43. The van der Waals surface area contributed by atoms with Gasteiger partial charge in [0, 0.05) is 31.4 Å². The summed E-state index contributed by atoms with van der Waals surface area (Å²) >= 11 is 0. The Morgan fingerprint density at radius 2 is 2.17 bits per heavy atom. The molecule has 1 aromatic heterocycles. The third-order valence-electron chi connectivity index (χ3n) is 4.02. The number of aromatic nitrogens is 2. The van der Waals surface area contributed by atoms with Gasteiger partial charge in [-0.1, -0.05) is 12.1 Å². The number of hydrogen-bond acceptors (Lipinski definition) is 4. The van der Waals surface area contributed by atoms with Crippen molar-refractivity contribution < 1.29 is 9.53 Å². The van der Waals surface area contributed by atoms with Gasteiger partial charge >= 0.3 is 0 Å². The van der Waals surface area contributed by atoms with E-state index in [1.807, 2.05) is 36.1 Å². The van der Waals surface area contributed by atoms with Gasteiger partial charge in [-0.3, -0.25) is 14.4 Å². The maximum absolute atomic E-state index is 11.1. The second kappa shape index (κ2) is 6.93. The zero-order valence-electron chi connectivity index (χ0n) is 13.3. The van der Waals surface area contributed by atoms with Gasteiger partial charge in [0.25, 0.3) is 0 Å². The molecule has 0 bridgehead atoms. The van der Waals surface area contributed by atoms with E-state index < -0.39 is 5.91 Å². The second-order valence-electron chi connectivity index (χ2n) is 6.03. The average Bonchev–Trinajstić information content (AvgIpc) is 2.93. The summed E-state index contributed by atoms with van der Waals surface area (Å²) in [5, 5.41) is 4.32. The van der Waals surface area contributed by atoms with Crippen LogP contribution in [0.4, 0.5) is 0 Å². The molecule has 1 aliphatic heterocycles. The van der Waals surface area contributed by atoms with Crippen LogP contribution in [-0.2, 0) is 17.8 Å². The number of primary amides is 1. The fourth-order valence-corrected chi connectivity index (χ4v) is 2.84. The monoisotopic (exact) mass is 314 g/mol. The molecule has 1 saturated heterocycles. The molecule has 1 unspecified atom stereocenters. The van der Waals surface area contributed by atoms with Crippen molar-refractivity contribution in [2.24, 2.45) is 5.73 Å². The Balaban J connectivity index is 1.56. The third-order valence-corrected chi connectivity index (χ3v) is 4.02. The van der Waals surface area contributed by atoms with E-state index in [-0.39, 0.29) is 6.10 Å². The van der Waals surface area contributed by atoms with Crippen molar-refractivity contribution in [3.8, 4) is 0 Å². The number of aryl methyl sites for hydroxylation is 1. The lowest BCUT2D eigenvalue weighted by atomic mass is 10.1. The van der Waals surface area contributed by atoms with E-state index in [9.17, 15) is 4.79 Å². The van der Waals surface area contributed by atoms with Crippen LogP contribution in [0.3, 0.4) is 0 Å². The topological polar surface area (TPSA) is 73.4 Å². The molecule has 0 radical (unpaired) electrons. The molecule has 1 aliphatic rings. The quantitative estimate of drug-likeness (QED) is 0.900. The molecule has 0 saturated carbocycles. The van der Waals surface area contributed by atoms with Crippen LogP contribution in [0, 0.1) is 6.92 Å². The molecular formula is C17H22N4O2. The minimum atomic E-state index is -0.391. The SMILES string of the molecule is Cc1cnn(CC2CN(Cc3ccc(C(N)=O)cc3)CCO2)c1. The van der Waals surface area contributed by atoms with E-state index >= 15 is 0 Å². The summed E-state index contributed by atoms with van der Waals surface area (Å²) in [6.45, 7) is 6.15. The standard InChI is InChI=1S/C17H22N4O2/c1-13-8-19-21(9-13)12-16-11-20(6-7-23-16)10-14-2-4-15(5-3-14)17(18)22/h2-5,8-9,16H,6-7,10-12H2,1H3,(H2,18,22). The minimum Gasteiger partial charge on any atom is -0.374 e. The molecule has 23 heavy (non-hydrogen) atoms. The molecule has 0 spiro atoms. The Labute approximate surface area is 135 Å². The van der Waals surface area contributed by atoms with Gasteiger partial charge in [0.2, 0.25) is 5.91 Å². The van der Waals surface area contributed by atoms with Crippen molar-refractivity contribution in [1.82, 2.24) is 14.7 Å². The second-order valence-corrected chi connectivity index (χ2v) is 6.03. The predicted molar refractivity (Wildman–Crippen MR) is 86.9 cm³/mol. The maximum Gasteiger partial charge on any atom is 0.248 e. The van der Waals surface area contributed by atoms with Crippen molar-refractivity contribution >= 4 is 5.91 Å². The number of benzene rings is 1. The van der Waals surface area contributed by atoms with E-state index in [1.165, 1.54) is 5.56 Å². The number of morpholine rings is 1. The average molecular weight is 314 g/mol. The summed E-state index contributed by atoms with van der Waals surface area (Å²) < 4.78 is 7.78. The molecule has 2 aromatic rings. The molecule has 1 amide bonds. The third kappa shape index (κ3) is 4.18. The number of rotatable bonds is 5. The van der Waals surface area contributed by atoms with E-state index in [1.54, 1.807) is 12.1 Å². The Hall–Kier alpha value is -2.18. The lowest BCUT2D eigenvalue weighted by Gasteiger charge is -2.32. The van der Waals surface area contributed by atoms with Crippen molar-refractivity contribution in [2.45, 2.75) is 26.1 Å². The molecule has 6 heteroatoms. The molecule has 1 atom stereocenters. The molecular weight excluding hydrogens is 292 g/mol. The first kappa shape index (κ1) is 15.7. The molecule has 3 rings (SSSR count). The summed E-state index contributed by atoms with van der Waals surface area (Å²) in [4.78, 5) is 13.5. The van der Waals surface area contributed by atoms with Crippen LogP contribution in [0.25, 0.3) is 0 Å². The highest BCUT2D eigenvalue weighted by atomic mass is 16.5. The molecule has 122 valence electrons. The minimum absolute atomic E-state index is 0.146. The Morgan fingerprint density at radius 1 is 1.39 bits per heavy atom. The van der Waals surface area contributed by atoms with Gasteiger partial charge in [-0.2, -0.15) is 5.10 Å². The van der Waals surface area contributed by atoms with Gasteiger partial charge in [-0.15, -0.1) is 0 Å². The number of amides is 1. The van der Waals surface area contributed by atoms with Crippen LogP contribution in [0.1, 0.15) is 21.5 Å². The fourth-order valence-electron chi connectivity index (χ4n) is 2.84. The summed E-state index contributed by atoms with van der Waals surface area (Å²) in [6.07, 6.45) is 4.04. The maximum atomic E-state index is 11.1. The number of carbonyl (C=O) groups is 1. The first-order valence-corrected chi connectivity index (χ1v) is 7.82. The summed E-state index contributed by atoms with van der Waals surface area (Å²) in [5.41, 5.74) is 8.14. The van der Waals surface area contributed by atoms with Crippen LogP contribution in [0.2, 0.25) is 0 Å². The number of ether oxygens (including phenoxy) is 1. The van der Waals surface area contributed by atoms with Gasteiger partial charge in [-0.05, 0) is 30.2 Å². The largest absolute Gasteiger partial charge is 0.374 e. The van der Waals surface area contributed by atoms with Gasteiger partial charge < -0.3 is 10.5 Å². The van der Waals surface area contributed by atoms with Crippen molar-refractivity contribution in [2.75, 3.05) is 19.7 Å². The Bertz CT molecular complexity index is 665. The van der Waals surface area contributed by atoms with E-state index in [2.05, 4.69) is 10.00 Å². The zero-order valence-corrected chi connectivity index (χ0v) is 13.3. The fraction of sp³-hybridized carbons (Fsp3) is 0.412. The highest BCUT2D eigenvalue weighted by Crippen LogP contribution is 2.13. The van der Waals surface area contributed by atoms with Crippen molar-refractivity contribution in [3.63, 3.8) is 0 Å². The Kier molecular flexibility index (Phi) is 4.73. The molecule has 2 heterocycles. The Morgan fingerprint density at radius 3 is 2.83 bits per heavy atom. The first-order chi connectivity index (χ1) is 11.1. The summed E-state index contributed by atoms with van der Waals surface area (Å²) in [5.74, 6) is -0.391. The zero-order chi connectivity index (χ0) is 16.2. The van der Waals surface area contributed by atoms with Gasteiger partial charge in [0.15, 0.2) is 0 Å². The van der Waals surface area contributed by atoms with E-state index in [0.29, 0.717) is 5.56 Å². The number of nitrogens with two attached hydrogens (primary N) is 1.